The summed E-state index contributed by atoms with van der Waals surface area (Å²) < 4.78 is 5.27. The molecular formula is C16H16N4OS. The highest BCUT2D eigenvalue weighted by Gasteiger charge is 2.16. The third-order valence-corrected chi connectivity index (χ3v) is 3.99. The van der Waals surface area contributed by atoms with Crippen LogP contribution in [0.4, 0.5) is 11.6 Å². The van der Waals surface area contributed by atoms with Crippen LogP contribution < -0.4 is 5.32 Å². The largest absolute Gasteiger partial charge is 0.360 e. The Labute approximate surface area is 133 Å². The summed E-state index contributed by atoms with van der Waals surface area (Å²) in [6.07, 6.45) is 3.70. The summed E-state index contributed by atoms with van der Waals surface area (Å²) in [6.45, 7) is 3.93. The number of nitrogens with one attached hydrogen (secondary N) is 1. The average Bonchev–Trinajstić information content (AvgIpc) is 2.91. The lowest BCUT2D eigenvalue weighted by Gasteiger charge is -2.08. The van der Waals surface area contributed by atoms with E-state index in [0.717, 1.165) is 33.3 Å². The van der Waals surface area contributed by atoms with E-state index in [9.17, 15) is 0 Å². The van der Waals surface area contributed by atoms with Gasteiger partial charge >= 0.3 is 0 Å². The summed E-state index contributed by atoms with van der Waals surface area (Å²) >= 11 is 1.54. The molecule has 0 spiro atoms. The first kappa shape index (κ1) is 14.6. The summed E-state index contributed by atoms with van der Waals surface area (Å²) in [6, 6.07) is 9.89. The zero-order valence-electron chi connectivity index (χ0n) is 12.6. The average molecular weight is 312 g/mol. The molecule has 3 aromatic rings. The summed E-state index contributed by atoms with van der Waals surface area (Å²) in [7, 11) is 0. The van der Waals surface area contributed by atoms with Gasteiger partial charge in [0, 0.05) is 11.9 Å². The Hall–Kier alpha value is -2.34. The number of nitrogens with zero attached hydrogens (tertiary/aromatic N) is 3. The van der Waals surface area contributed by atoms with E-state index >= 15 is 0 Å². The SMILES string of the molecule is CSc1noc(C)c1-c1ccnc(Nc2ccccc2C)n1. The Morgan fingerprint density at radius 3 is 2.73 bits per heavy atom. The molecule has 0 atom stereocenters. The van der Waals surface area contributed by atoms with Crippen LogP contribution in [0.3, 0.4) is 0 Å². The van der Waals surface area contributed by atoms with E-state index in [-0.39, 0.29) is 0 Å². The standard InChI is InChI=1S/C16H16N4OS/c1-10-6-4-5-7-12(10)18-16-17-9-8-13(19-16)14-11(2)21-20-15(14)22-3/h4-9H,1-3H3,(H,17,18,19). The van der Waals surface area contributed by atoms with Gasteiger partial charge in [-0.1, -0.05) is 23.4 Å². The Balaban J connectivity index is 1.96. The van der Waals surface area contributed by atoms with E-state index in [0.29, 0.717) is 5.95 Å². The van der Waals surface area contributed by atoms with Gasteiger partial charge in [-0.2, -0.15) is 0 Å². The Morgan fingerprint density at radius 2 is 1.95 bits per heavy atom. The lowest BCUT2D eigenvalue weighted by atomic mass is 10.2. The van der Waals surface area contributed by atoms with Crippen molar-refractivity contribution in [1.29, 1.82) is 0 Å². The van der Waals surface area contributed by atoms with E-state index in [2.05, 4.69) is 20.4 Å². The molecule has 0 amide bonds. The lowest BCUT2D eigenvalue weighted by Crippen LogP contribution is -1.99. The van der Waals surface area contributed by atoms with Crippen molar-refractivity contribution in [2.45, 2.75) is 18.9 Å². The number of anilines is 2. The number of para-hydroxylation sites is 1. The molecule has 3 rings (SSSR count). The number of hydrogen-bond donors (Lipinski definition) is 1. The van der Waals surface area contributed by atoms with E-state index in [4.69, 9.17) is 4.52 Å². The molecule has 2 aromatic heterocycles. The molecule has 0 aliphatic heterocycles. The van der Waals surface area contributed by atoms with Crippen molar-refractivity contribution in [3.05, 3.63) is 47.9 Å². The van der Waals surface area contributed by atoms with Crippen molar-refractivity contribution in [3.63, 3.8) is 0 Å². The fourth-order valence-corrected chi connectivity index (χ4v) is 2.74. The number of thioether (sulfide) groups is 1. The Kier molecular flexibility index (Phi) is 4.11. The fraction of sp³-hybridized carbons (Fsp3) is 0.188. The van der Waals surface area contributed by atoms with Crippen molar-refractivity contribution in [2.75, 3.05) is 11.6 Å². The van der Waals surface area contributed by atoms with Gasteiger partial charge < -0.3 is 9.84 Å². The smallest absolute Gasteiger partial charge is 0.227 e. The zero-order chi connectivity index (χ0) is 15.5. The second kappa shape index (κ2) is 6.19. The maximum atomic E-state index is 5.27. The molecule has 0 bridgehead atoms. The van der Waals surface area contributed by atoms with Crippen LogP contribution in [-0.4, -0.2) is 21.4 Å². The first-order valence-corrected chi connectivity index (χ1v) is 8.08. The molecule has 22 heavy (non-hydrogen) atoms. The third kappa shape index (κ3) is 2.82. The predicted octanol–water partition coefficient (Wildman–Crippen LogP) is 4.21. The third-order valence-electron chi connectivity index (χ3n) is 3.33. The number of rotatable bonds is 4. The topological polar surface area (TPSA) is 63.8 Å². The second-order valence-corrected chi connectivity index (χ2v) is 5.62. The van der Waals surface area contributed by atoms with Crippen molar-refractivity contribution < 1.29 is 4.52 Å². The molecule has 0 unspecified atom stereocenters. The van der Waals surface area contributed by atoms with Gasteiger partial charge in [0.1, 0.15) is 10.8 Å². The number of aromatic nitrogens is 3. The molecule has 1 aromatic carbocycles. The Morgan fingerprint density at radius 1 is 1.14 bits per heavy atom. The minimum absolute atomic E-state index is 0.555. The van der Waals surface area contributed by atoms with Gasteiger partial charge in [-0.15, -0.1) is 11.8 Å². The molecule has 0 radical (unpaired) electrons. The van der Waals surface area contributed by atoms with Crippen LogP contribution in [0.2, 0.25) is 0 Å². The maximum Gasteiger partial charge on any atom is 0.227 e. The van der Waals surface area contributed by atoms with Gasteiger partial charge in [-0.05, 0) is 37.8 Å². The van der Waals surface area contributed by atoms with Gasteiger partial charge in [0.15, 0.2) is 0 Å². The van der Waals surface area contributed by atoms with Gasteiger partial charge in [0.05, 0.1) is 11.3 Å². The molecule has 1 N–H and O–H groups in total. The van der Waals surface area contributed by atoms with Crippen molar-refractivity contribution in [1.82, 2.24) is 15.1 Å². The molecule has 0 aliphatic rings. The summed E-state index contributed by atoms with van der Waals surface area (Å²) in [5.74, 6) is 1.31. The molecule has 5 nitrogen and oxygen atoms in total. The quantitative estimate of drug-likeness (QED) is 0.728. The summed E-state index contributed by atoms with van der Waals surface area (Å²) in [4.78, 5) is 8.88. The first-order valence-electron chi connectivity index (χ1n) is 6.85. The van der Waals surface area contributed by atoms with E-state index in [1.807, 2.05) is 50.4 Å². The monoisotopic (exact) mass is 312 g/mol. The van der Waals surface area contributed by atoms with Gasteiger partial charge in [0.2, 0.25) is 5.95 Å². The molecule has 0 fully saturated rings. The van der Waals surface area contributed by atoms with Gasteiger partial charge in [-0.3, -0.25) is 0 Å². The normalized spacial score (nSPS) is 10.7. The van der Waals surface area contributed by atoms with E-state index in [1.54, 1.807) is 6.20 Å². The highest BCUT2D eigenvalue weighted by molar-refractivity contribution is 7.98. The van der Waals surface area contributed by atoms with Crippen molar-refractivity contribution in [3.8, 4) is 11.3 Å². The number of hydrogen-bond acceptors (Lipinski definition) is 6. The van der Waals surface area contributed by atoms with Crippen LogP contribution in [0.25, 0.3) is 11.3 Å². The van der Waals surface area contributed by atoms with Crippen LogP contribution >= 0.6 is 11.8 Å². The first-order chi connectivity index (χ1) is 10.7. The second-order valence-electron chi connectivity index (χ2n) is 4.83. The summed E-state index contributed by atoms with van der Waals surface area (Å²) in [5, 5.41) is 8.13. The number of benzene rings is 1. The van der Waals surface area contributed by atoms with Crippen LogP contribution in [0.1, 0.15) is 11.3 Å². The number of aryl methyl sites for hydroxylation is 2. The zero-order valence-corrected chi connectivity index (χ0v) is 13.4. The van der Waals surface area contributed by atoms with Crippen LogP contribution in [0.15, 0.2) is 46.1 Å². The van der Waals surface area contributed by atoms with Gasteiger partial charge in [-0.25, -0.2) is 9.97 Å². The van der Waals surface area contributed by atoms with Crippen LogP contribution in [0, 0.1) is 13.8 Å². The molecule has 0 saturated carbocycles. The van der Waals surface area contributed by atoms with E-state index in [1.165, 1.54) is 11.8 Å². The molecular weight excluding hydrogens is 296 g/mol. The lowest BCUT2D eigenvalue weighted by molar-refractivity contribution is 0.384. The fourth-order valence-electron chi connectivity index (χ4n) is 2.17. The minimum Gasteiger partial charge on any atom is -0.360 e. The summed E-state index contributed by atoms with van der Waals surface area (Å²) in [5.41, 5.74) is 3.85. The highest BCUT2D eigenvalue weighted by atomic mass is 32.2. The van der Waals surface area contributed by atoms with Crippen molar-refractivity contribution >= 4 is 23.4 Å². The predicted molar refractivity (Wildman–Crippen MR) is 88.5 cm³/mol. The molecule has 112 valence electrons. The Bertz CT molecular complexity index is 800. The maximum absolute atomic E-state index is 5.27. The van der Waals surface area contributed by atoms with Crippen LogP contribution in [0.5, 0.6) is 0 Å². The molecule has 0 aliphatic carbocycles. The molecule has 2 heterocycles. The molecule has 6 heteroatoms. The van der Waals surface area contributed by atoms with E-state index < -0.39 is 0 Å². The van der Waals surface area contributed by atoms with Crippen LogP contribution in [-0.2, 0) is 0 Å². The highest BCUT2D eigenvalue weighted by Crippen LogP contribution is 2.31. The van der Waals surface area contributed by atoms with Crippen molar-refractivity contribution in [2.24, 2.45) is 0 Å². The minimum atomic E-state index is 0.555. The van der Waals surface area contributed by atoms with Gasteiger partial charge in [0.25, 0.3) is 0 Å². The molecule has 0 saturated heterocycles.